The molecule has 17 heavy (non-hydrogen) atoms. The second kappa shape index (κ2) is 5.46. The van der Waals surface area contributed by atoms with E-state index in [0.717, 1.165) is 0 Å². The molecule has 1 heterocycles. The zero-order valence-corrected chi connectivity index (χ0v) is 10.1. The van der Waals surface area contributed by atoms with Crippen LogP contribution >= 0.6 is 0 Å². The van der Waals surface area contributed by atoms with Gasteiger partial charge < -0.3 is 10.2 Å². The maximum atomic E-state index is 11.9. The van der Waals surface area contributed by atoms with Crippen molar-refractivity contribution in [2.75, 3.05) is 31.7 Å². The first kappa shape index (κ1) is 12.3. The molecule has 1 aromatic carbocycles. The minimum absolute atomic E-state index is 0.381. The Bertz CT molecular complexity index is 443. The third-order valence-electron chi connectivity index (χ3n) is 2.41. The molecule has 0 unspecified atom stereocenters. The number of para-hydroxylation sites is 1. The van der Waals surface area contributed by atoms with Crippen LogP contribution in [0.1, 0.15) is 0 Å². The highest BCUT2D eigenvalue weighted by molar-refractivity contribution is 7.87. The number of ether oxygens (including phenoxy) is 1. The van der Waals surface area contributed by atoms with Crippen LogP contribution in [0.5, 0.6) is 0 Å². The van der Waals surface area contributed by atoms with Gasteiger partial charge in [-0.1, -0.05) is 18.2 Å². The lowest BCUT2D eigenvalue weighted by Gasteiger charge is -2.26. The van der Waals surface area contributed by atoms with Gasteiger partial charge in [0.1, 0.15) is 0 Å². The molecule has 0 radical (unpaired) electrons. The molecule has 2 rings (SSSR count). The highest BCUT2D eigenvalue weighted by atomic mass is 32.2. The fourth-order valence-electron chi connectivity index (χ4n) is 1.50. The van der Waals surface area contributed by atoms with Gasteiger partial charge in [-0.15, -0.1) is 4.83 Å². The van der Waals surface area contributed by atoms with Crippen molar-refractivity contribution in [2.24, 2.45) is 0 Å². The Morgan fingerprint density at radius 2 is 1.76 bits per heavy atom. The number of hydrazine groups is 1. The van der Waals surface area contributed by atoms with Crippen molar-refractivity contribution in [1.82, 2.24) is 9.14 Å². The number of anilines is 1. The Morgan fingerprint density at radius 1 is 1.12 bits per heavy atom. The quantitative estimate of drug-likeness (QED) is 0.755. The van der Waals surface area contributed by atoms with Crippen LogP contribution in [-0.2, 0) is 14.9 Å². The lowest BCUT2D eigenvalue weighted by atomic mass is 10.3. The first-order valence-corrected chi connectivity index (χ1v) is 6.78. The molecule has 0 atom stereocenters. The van der Waals surface area contributed by atoms with Gasteiger partial charge in [-0.3, -0.25) is 0 Å². The summed E-state index contributed by atoms with van der Waals surface area (Å²) >= 11 is 0. The molecule has 1 fully saturated rings. The van der Waals surface area contributed by atoms with Gasteiger partial charge in [0.15, 0.2) is 0 Å². The topological polar surface area (TPSA) is 70.7 Å². The molecular formula is C10H15N3O3S. The smallest absolute Gasteiger partial charge is 0.296 e. The Balaban J connectivity index is 1.93. The van der Waals surface area contributed by atoms with Gasteiger partial charge in [0, 0.05) is 18.8 Å². The number of hydrogen-bond donors (Lipinski definition) is 2. The van der Waals surface area contributed by atoms with Crippen molar-refractivity contribution in [3.63, 3.8) is 0 Å². The van der Waals surface area contributed by atoms with Crippen LogP contribution in [0.2, 0.25) is 0 Å². The van der Waals surface area contributed by atoms with E-state index in [9.17, 15) is 8.42 Å². The summed E-state index contributed by atoms with van der Waals surface area (Å²) in [5, 5.41) is 0. The van der Waals surface area contributed by atoms with Gasteiger partial charge in [0.2, 0.25) is 0 Å². The van der Waals surface area contributed by atoms with Gasteiger partial charge in [0.25, 0.3) is 10.2 Å². The normalized spacial score (nSPS) is 17.9. The molecule has 2 N–H and O–H groups in total. The van der Waals surface area contributed by atoms with Crippen LogP contribution in [0, 0.1) is 0 Å². The molecule has 1 aliphatic heterocycles. The monoisotopic (exact) mass is 257 g/mol. The molecule has 0 bridgehead atoms. The number of morpholine rings is 1. The van der Waals surface area contributed by atoms with Gasteiger partial charge in [-0.25, -0.2) is 0 Å². The molecule has 0 aliphatic carbocycles. The average Bonchev–Trinajstić information content (AvgIpc) is 2.39. The van der Waals surface area contributed by atoms with E-state index in [1.54, 1.807) is 12.1 Å². The lowest BCUT2D eigenvalue weighted by Crippen LogP contribution is -2.48. The first-order valence-electron chi connectivity index (χ1n) is 5.34. The Kier molecular flexibility index (Phi) is 3.95. The third kappa shape index (κ3) is 3.40. The van der Waals surface area contributed by atoms with Crippen molar-refractivity contribution < 1.29 is 13.2 Å². The summed E-state index contributed by atoms with van der Waals surface area (Å²) in [5.74, 6) is 0. The molecule has 6 nitrogen and oxygen atoms in total. The molecule has 1 saturated heterocycles. The molecule has 7 heteroatoms. The molecular weight excluding hydrogens is 242 g/mol. The number of nitrogens with one attached hydrogen (secondary N) is 2. The van der Waals surface area contributed by atoms with Gasteiger partial charge in [-0.05, 0) is 12.1 Å². The van der Waals surface area contributed by atoms with Gasteiger partial charge in [-0.2, -0.15) is 12.7 Å². The summed E-state index contributed by atoms with van der Waals surface area (Å²) in [4.78, 5) is 2.34. The van der Waals surface area contributed by atoms with Crippen molar-refractivity contribution in [3.05, 3.63) is 30.3 Å². The van der Waals surface area contributed by atoms with Crippen LogP contribution < -0.4 is 10.3 Å². The Hall–Kier alpha value is -1.15. The number of rotatable bonds is 4. The van der Waals surface area contributed by atoms with Crippen molar-refractivity contribution in [2.45, 2.75) is 0 Å². The predicted octanol–water partition coefficient (Wildman–Crippen LogP) is 0.180. The van der Waals surface area contributed by atoms with Crippen LogP contribution in [0.4, 0.5) is 5.69 Å². The fraction of sp³-hybridized carbons (Fsp3) is 0.400. The van der Waals surface area contributed by atoms with Crippen LogP contribution in [0.3, 0.4) is 0 Å². The molecule has 1 aromatic rings. The van der Waals surface area contributed by atoms with E-state index in [1.165, 1.54) is 4.31 Å². The highest BCUT2D eigenvalue weighted by Crippen LogP contribution is 2.06. The Morgan fingerprint density at radius 3 is 2.41 bits per heavy atom. The summed E-state index contributed by atoms with van der Waals surface area (Å²) in [7, 11) is -3.49. The first-order chi connectivity index (χ1) is 8.18. The van der Waals surface area contributed by atoms with E-state index in [-0.39, 0.29) is 0 Å². The largest absolute Gasteiger partial charge is 0.379 e. The lowest BCUT2D eigenvalue weighted by molar-refractivity contribution is 0.0726. The summed E-state index contributed by atoms with van der Waals surface area (Å²) in [6.45, 7) is 1.64. The third-order valence-corrected chi connectivity index (χ3v) is 3.81. The predicted molar refractivity (Wildman–Crippen MR) is 64.5 cm³/mol. The standard InChI is InChI=1S/C10H15N3O3S/c14-17(15,13-6-8-16-9-7-13)12-11-10-4-2-1-3-5-10/h1-5,11-12H,6-9H2. The summed E-state index contributed by atoms with van der Waals surface area (Å²) < 4.78 is 30.2. The van der Waals surface area contributed by atoms with E-state index in [2.05, 4.69) is 10.3 Å². The van der Waals surface area contributed by atoms with Crippen molar-refractivity contribution in [3.8, 4) is 0 Å². The molecule has 0 saturated carbocycles. The summed E-state index contributed by atoms with van der Waals surface area (Å²) in [6.07, 6.45) is 0. The number of hydrogen-bond acceptors (Lipinski definition) is 4. The van der Waals surface area contributed by atoms with Crippen molar-refractivity contribution >= 4 is 15.9 Å². The van der Waals surface area contributed by atoms with Gasteiger partial charge >= 0.3 is 0 Å². The second-order valence-electron chi connectivity index (χ2n) is 3.61. The summed E-state index contributed by atoms with van der Waals surface area (Å²) in [5.41, 5.74) is 3.36. The van der Waals surface area contributed by atoms with Crippen LogP contribution in [0.15, 0.2) is 30.3 Å². The maximum absolute atomic E-state index is 11.9. The molecule has 0 aromatic heterocycles. The van der Waals surface area contributed by atoms with Crippen LogP contribution in [0.25, 0.3) is 0 Å². The molecule has 94 valence electrons. The van der Waals surface area contributed by atoms with Gasteiger partial charge in [0.05, 0.1) is 13.2 Å². The van der Waals surface area contributed by atoms with E-state index in [1.807, 2.05) is 18.2 Å². The van der Waals surface area contributed by atoms with E-state index in [0.29, 0.717) is 32.0 Å². The zero-order valence-electron chi connectivity index (χ0n) is 9.30. The molecule has 0 amide bonds. The van der Waals surface area contributed by atoms with Crippen LogP contribution in [-0.4, -0.2) is 39.0 Å². The fourth-order valence-corrected chi connectivity index (χ4v) is 2.50. The Labute approximate surface area is 101 Å². The van der Waals surface area contributed by atoms with E-state index < -0.39 is 10.2 Å². The minimum atomic E-state index is -3.49. The zero-order chi connectivity index (χ0) is 12.1. The minimum Gasteiger partial charge on any atom is -0.379 e. The molecule has 0 spiro atoms. The molecule has 1 aliphatic rings. The second-order valence-corrected chi connectivity index (χ2v) is 5.28. The van der Waals surface area contributed by atoms with Crippen molar-refractivity contribution in [1.29, 1.82) is 0 Å². The summed E-state index contributed by atoms with van der Waals surface area (Å²) in [6, 6.07) is 9.07. The average molecular weight is 257 g/mol. The number of nitrogens with zero attached hydrogens (tertiary/aromatic N) is 1. The number of benzene rings is 1. The SMILES string of the molecule is O=S(=O)(NNc1ccccc1)N1CCOCC1. The maximum Gasteiger partial charge on any atom is 0.296 e. The van der Waals surface area contributed by atoms with E-state index >= 15 is 0 Å². The van der Waals surface area contributed by atoms with E-state index in [4.69, 9.17) is 4.74 Å². The highest BCUT2D eigenvalue weighted by Gasteiger charge is 2.23.